The number of fused-ring (bicyclic) bond motifs is 1. The molecule has 1 aromatic heterocycles. The number of amides is 1. The van der Waals surface area contributed by atoms with Crippen LogP contribution < -0.4 is 9.46 Å². The summed E-state index contributed by atoms with van der Waals surface area (Å²) in [7, 11) is -2.38. The van der Waals surface area contributed by atoms with Gasteiger partial charge >= 0.3 is 0 Å². The molecule has 1 aliphatic heterocycles. The molecule has 1 N–H and O–H groups in total. The van der Waals surface area contributed by atoms with Gasteiger partial charge in [0.25, 0.3) is 15.2 Å². The third-order valence-electron chi connectivity index (χ3n) is 5.46. The van der Waals surface area contributed by atoms with Gasteiger partial charge in [0, 0.05) is 13.1 Å². The number of sulfonamides is 1. The van der Waals surface area contributed by atoms with Gasteiger partial charge in [-0.15, -0.1) is 0 Å². The predicted octanol–water partition coefficient (Wildman–Crippen LogP) is 3.99. The molecule has 170 valence electrons. The Kier molecular flexibility index (Phi) is 6.61. The molecular formula is C22H25N3O5S2. The summed E-state index contributed by atoms with van der Waals surface area (Å²) in [5.41, 5.74) is 1.22. The van der Waals surface area contributed by atoms with Gasteiger partial charge < -0.3 is 14.1 Å². The number of aromatic nitrogens is 1. The summed E-state index contributed by atoms with van der Waals surface area (Å²) in [5.74, 6) is 1.38. The fourth-order valence-electron chi connectivity index (χ4n) is 3.52. The number of carbonyl (C=O) groups excluding carboxylic acids is 1. The molecule has 32 heavy (non-hydrogen) atoms. The van der Waals surface area contributed by atoms with Crippen molar-refractivity contribution < 1.29 is 22.4 Å². The van der Waals surface area contributed by atoms with E-state index >= 15 is 0 Å². The smallest absolute Gasteiger partial charge is 0.262 e. The Balaban J connectivity index is 1.46. The van der Waals surface area contributed by atoms with Crippen molar-refractivity contribution in [3.8, 4) is 5.75 Å². The van der Waals surface area contributed by atoms with Gasteiger partial charge in [-0.3, -0.25) is 9.52 Å². The lowest BCUT2D eigenvalue weighted by atomic mass is 9.99. The highest BCUT2D eigenvalue weighted by molar-refractivity contribution is 7.99. The second-order valence-electron chi connectivity index (χ2n) is 7.77. The molecule has 0 bridgehead atoms. The van der Waals surface area contributed by atoms with Crippen molar-refractivity contribution in [2.24, 2.45) is 5.92 Å². The molecule has 0 atom stereocenters. The monoisotopic (exact) mass is 475 g/mol. The van der Waals surface area contributed by atoms with Crippen molar-refractivity contribution in [1.82, 2.24) is 9.88 Å². The number of nitrogens with one attached hydrogen (secondary N) is 1. The fraction of sp³-hybridized carbons (Fsp3) is 0.364. The van der Waals surface area contributed by atoms with Crippen molar-refractivity contribution in [1.29, 1.82) is 0 Å². The maximum absolute atomic E-state index is 12.9. The summed E-state index contributed by atoms with van der Waals surface area (Å²) in [6, 6.07) is 11.3. The Bertz CT molecular complexity index is 1220. The first-order valence-electron chi connectivity index (χ1n) is 10.3. The van der Waals surface area contributed by atoms with Crippen LogP contribution in [0.1, 0.15) is 19.8 Å². The zero-order chi connectivity index (χ0) is 22.7. The normalized spacial score (nSPS) is 15.1. The average molecular weight is 476 g/mol. The number of hydrogen-bond acceptors (Lipinski definition) is 7. The van der Waals surface area contributed by atoms with Crippen LogP contribution in [0, 0.1) is 5.92 Å². The summed E-state index contributed by atoms with van der Waals surface area (Å²) in [5, 5.41) is 0.339. The second kappa shape index (κ2) is 9.41. The van der Waals surface area contributed by atoms with Crippen LogP contribution in [0.3, 0.4) is 0 Å². The summed E-state index contributed by atoms with van der Waals surface area (Å²) >= 11 is 1.22. The number of hydrogen-bond donors (Lipinski definition) is 1. The van der Waals surface area contributed by atoms with E-state index in [9.17, 15) is 13.2 Å². The highest BCUT2D eigenvalue weighted by atomic mass is 32.2. The quantitative estimate of drug-likeness (QED) is 0.516. The molecule has 1 amide bonds. The number of ether oxygens (including phenoxy) is 1. The molecule has 8 nitrogen and oxygen atoms in total. The highest BCUT2D eigenvalue weighted by Crippen LogP contribution is 2.29. The maximum Gasteiger partial charge on any atom is 0.262 e. The van der Waals surface area contributed by atoms with Crippen molar-refractivity contribution >= 4 is 44.5 Å². The van der Waals surface area contributed by atoms with E-state index in [1.54, 1.807) is 30.3 Å². The molecule has 0 aliphatic carbocycles. The highest BCUT2D eigenvalue weighted by Gasteiger charge is 2.22. The molecule has 4 rings (SSSR count). The van der Waals surface area contributed by atoms with Crippen LogP contribution in [0.4, 0.5) is 5.69 Å². The van der Waals surface area contributed by atoms with E-state index in [1.807, 2.05) is 4.90 Å². The molecule has 0 unspecified atom stereocenters. The number of nitrogens with zero attached hydrogens (tertiary/aromatic N) is 2. The van der Waals surface area contributed by atoms with Gasteiger partial charge in [-0.1, -0.05) is 30.8 Å². The first-order valence-corrected chi connectivity index (χ1v) is 12.8. The third-order valence-corrected chi connectivity index (χ3v) is 7.63. The van der Waals surface area contributed by atoms with Crippen molar-refractivity contribution in [2.45, 2.75) is 29.9 Å². The standard InChI is InChI=1S/C22H25N3O5S2/c1-15-9-11-25(12-10-15)21(26)14-31-22-23-18-13-16(7-8-20(18)30-22)32(27,28)24-17-5-3-4-6-19(17)29-2/h3-8,13,15,24H,9-12,14H2,1-2H3. The Labute approximate surface area is 191 Å². The number of anilines is 1. The van der Waals surface area contributed by atoms with Crippen LogP contribution in [0.15, 0.2) is 57.0 Å². The molecule has 3 aromatic rings. The first-order chi connectivity index (χ1) is 15.4. The van der Waals surface area contributed by atoms with E-state index in [-0.39, 0.29) is 16.6 Å². The summed E-state index contributed by atoms with van der Waals surface area (Å²) in [6.45, 7) is 3.78. The maximum atomic E-state index is 12.9. The van der Waals surface area contributed by atoms with E-state index in [2.05, 4.69) is 16.6 Å². The van der Waals surface area contributed by atoms with E-state index in [0.717, 1.165) is 25.9 Å². The van der Waals surface area contributed by atoms with Gasteiger partial charge in [-0.25, -0.2) is 13.4 Å². The zero-order valence-corrected chi connectivity index (χ0v) is 19.5. The minimum atomic E-state index is -3.85. The first kappa shape index (κ1) is 22.5. The Morgan fingerprint density at radius 3 is 2.75 bits per heavy atom. The van der Waals surface area contributed by atoms with Gasteiger partial charge in [0.2, 0.25) is 5.91 Å². The number of thioether (sulfide) groups is 1. The molecule has 1 fully saturated rings. The topological polar surface area (TPSA) is 102 Å². The Hall–Kier alpha value is -2.72. The number of benzene rings is 2. The molecular weight excluding hydrogens is 450 g/mol. The van der Waals surface area contributed by atoms with E-state index in [1.165, 1.54) is 31.0 Å². The SMILES string of the molecule is COc1ccccc1NS(=O)(=O)c1ccc2oc(SCC(=O)N3CCC(C)CC3)nc2c1. The van der Waals surface area contributed by atoms with Crippen LogP contribution in [0.2, 0.25) is 0 Å². The van der Waals surface area contributed by atoms with Crippen LogP contribution in [-0.4, -0.2) is 50.2 Å². The minimum Gasteiger partial charge on any atom is -0.495 e. The van der Waals surface area contributed by atoms with Gasteiger partial charge in [0.1, 0.15) is 11.3 Å². The molecule has 1 saturated heterocycles. The van der Waals surface area contributed by atoms with Crippen molar-refractivity contribution in [3.63, 3.8) is 0 Å². The molecule has 2 aromatic carbocycles. The number of piperidine rings is 1. The average Bonchev–Trinajstić information content (AvgIpc) is 3.20. The molecule has 0 saturated carbocycles. The van der Waals surface area contributed by atoms with Gasteiger partial charge in [-0.05, 0) is 49.1 Å². The van der Waals surface area contributed by atoms with Gasteiger partial charge in [-0.2, -0.15) is 0 Å². The zero-order valence-electron chi connectivity index (χ0n) is 17.9. The lowest BCUT2D eigenvalue weighted by molar-refractivity contribution is -0.129. The minimum absolute atomic E-state index is 0.0549. The largest absolute Gasteiger partial charge is 0.495 e. The second-order valence-corrected chi connectivity index (χ2v) is 10.4. The molecule has 1 aliphatic rings. The van der Waals surface area contributed by atoms with Crippen LogP contribution >= 0.6 is 11.8 Å². The van der Waals surface area contributed by atoms with E-state index in [0.29, 0.717) is 33.7 Å². The number of oxazole rings is 1. The molecule has 0 spiro atoms. The fourth-order valence-corrected chi connectivity index (χ4v) is 5.35. The van der Waals surface area contributed by atoms with Crippen LogP contribution in [-0.2, 0) is 14.8 Å². The number of likely N-dealkylation sites (tertiary alicyclic amines) is 1. The van der Waals surface area contributed by atoms with E-state index in [4.69, 9.17) is 9.15 Å². The van der Waals surface area contributed by atoms with Crippen LogP contribution in [0.5, 0.6) is 5.75 Å². The Morgan fingerprint density at radius 2 is 2.00 bits per heavy atom. The lowest BCUT2D eigenvalue weighted by Gasteiger charge is -2.30. The molecule has 2 heterocycles. The summed E-state index contributed by atoms with van der Waals surface area (Å²) in [4.78, 5) is 18.7. The molecule has 10 heteroatoms. The Morgan fingerprint density at radius 1 is 1.25 bits per heavy atom. The molecule has 0 radical (unpaired) electrons. The van der Waals surface area contributed by atoms with Gasteiger partial charge in [0.05, 0.1) is 23.4 Å². The number of methoxy groups -OCH3 is 1. The number of para-hydroxylation sites is 2. The summed E-state index contributed by atoms with van der Waals surface area (Å²) in [6.07, 6.45) is 2.05. The van der Waals surface area contributed by atoms with Crippen LogP contribution in [0.25, 0.3) is 11.1 Å². The van der Waals surface area contributed by atoms with E-state index < -0.39 is 10.0 Å². The number of rotatable bonds is 7. The van der Waals surface area contributed by atoms with Gasteiger partial charge in [0.15, 0.2) is 5.58 Å². The number of carbonyl (C=O) groups is 1. The predicted molar refractivity (Wildman–Crippen MR) is 124 cm³/mol. The lowest BCUT2D eigenvalue weighted by Crippen LogP contribution is -2.38. The third kappa shape index (κ3) is 5.02. The van der Waals surface area contributed by atoms with Crippen molar-refractivity contribution in [3.05, 3.63) is 42.5 Å². The van der Waals surface area contributed by atoms with Crippen molar-refractivity contribution in [2.75, 3.05) is 30.7 Å². The summed E-state index contributed by atoms with van der Waals surface area (Å²) < 4.78 is 39.1.